The molecule has 122 valence electrons. The van der Waals surface area contributed by atoms with Gasteiger partial charge in [-0.1, -0.05) is 48.0 Å². The molecule has 0 aromatic heterocycles. The Hall–Kier alpha value is -3.16. The number of hydrogen-bond acceptors (Lipinski definition) is 2. The zero-order chi connectivity index (χ0) is 17.8. The van der Waals surface area contributed by atoms with Gasteiger partial charge in [0.1, 0.15) is 5.82 Å². The van der Waals surface area contributed by atoms with Crippen LogP contribution in [0.1, 0.15) is 15.9 Å². The molecule has 0 aliphatic heterocycles. The van der Waals surface area contributed by atoms with Gasteiger partial charge in [0.15, 0.2) is 0 Å². The molecule has 0 bridgehead atoms. The summed E-state index contributed by atoms with van der Waals surface area (Å²) < 4.78 is 13.9. The molecule has 0 saturated heterocycles. The van der Waals surface area contributed by atoms with Crippen molar-refractivity contribution in [2.24, 2.45) is 0 Å². The first-order valence-corrected chi connectivity index (χ1v) is 7.83. The lowest BCUT2D eigenvalue weighted by atomic mass is 9.95. The first kappa shape index (κ1) is 16.7. The molecule has 3 nitrogen and oxygen atoms in total. The molecule has 1 amide bonds. The normalized spacial score (nSPS) is 10.1. The summed E-state index contributed by atoms with van der Waals surface area (Å²) in [6, 6.07) is 20.0. The Kier molecular flexibility index (Phi) is 4.78. The fourth-order valence-corrected chi connectivity index (χ4v) is 2.67. The molecule has 0 unspecified atom stereocenters. The average Bonchev–Trinajstić information content (AvgIpc) is 2.64. The van der Waals surface area contributed by atoms with E-state index < -0.39 is 11.7 Å². The summed E-state index contributed by atoms with van der Waals surface area (Å²) in [5.74, 6) is -1.08. The van der Waals surface area contributed by atoms with Crippen molar-refractivity contribution in [1.82, 2.24) is 0 Å². The fraction of sp³-hybridized carbons (Fsp3) is 0. The van der Waals surface area contributed by atoms with Crippen LogP contribution < -0.4 is 5.32 Å². The predicted octanol–water partition coefficient (Wildman–Crippen LogP) is 5.27. The van der Waals surface area contributed by atoms with E-state index in [1.165, 1.54) is 12.1 Å². The van der Waals surface area contributed by atoms with Gasteiger partial charge >= 0.3 is 0 Å². The molecule has 1 N–H and O–H groups in total. The monoisotopic (exact) mass is 350 g/mol. The summed E-state index contributed by atoms with van der Waals surface area (Å²) in [5.41, 5.74) is 2.09. The van der Waals surface area contributed by atoms with Crippen LogP contribution in [0.15, 0.2) is 66.7 Å². The lowest BCUT2D eigenvalue weighted by molar-refractivity contribution is 0.102. The van der Waals surface area contributed by atoms with Crippen molar-refractivity contribution in [2.45, 2.75) is 0 Å². The van der Waals surface area contributed by atoms with E-state index in [1.54, 1.807) is 48.5 Å². The number of carbonyl (C=O) groups is 1. The number of benzene rings is 3. The van der Waals surface area contributed by atoms with Crippen LogP contribution >= 0.6 is 11.6 Å². The average molecular weight is 351 g/mol. The van der Waals surface area contributed by atoms with Crippen molar-refractivity contribution < 1.29 is 9.18 Å². The van der Waals surface area contributed by atoms with Crippen molar-refractivity contribution in [3.05, 3.63) is 88.7 Å². The number of carbonyl (C=O) groups excluding carboxylic acids is 1. The van der Waals surface area contributed by atoms with Crippen LogP contribution in [-0.2, 0) is 0 Å². The first-order chi connectivity index (χ1) is 12.1. The number of rotatable bonds is 3. The second-order valence-electron chi connectivity index (χ2n) is 5.28. The second-order valence-corrected chi connectivity index (χ2v) is 5.72. The molecule has 3 aromatic rings. The molecule has 0 aliphatic rings. The van der Waals surface area contributed by atoms with Gasteiger partial charge in [0.2, 0.25) is 0 Å². The zero-order valence-corrected chi connectivity index (χ0v) is 13.7. The summed E-state index contributed by atoms with van der Waals surface area (Å²) in [5, 5.41) is 12.1. The van der Waals surface area contributed by atoms with E-state index >= 15 is 0 Å². The van der Waals surface area contributed by atoms with Crippen molar-refractivity contribution in [3.63, 3.8) is 0 Å². The topological polar surface area (TPSA) is 52.9 Å². The second kappa shape index (κ2) is 7.16. The van der Waals surface area contributed by atoms with E-state index in [9.17, 15) is 14.4 Å². The number of nitrogens with one attached hydrogen (secondary N) is 1. The molecule has 0 fully saturated rings. The van der Waals surface area contributed by atoms with Crippen LogP contribution in [0.5, 0.6) is 0 Å². The highest BCUT2D eigenvalue weighted by Gasteiger charge is 2.16. The Morgan fingerprint density at radius 1 is 1.00 bits per heavy atom. The SMILES string of the molecule is N#Cc1ccccc1-c1ccccc1C(=O)Nc1ccc(Cl)cc1F. The minimum absolute atomic E-state index is 0.0396. The third kappa shape index (κ3) is 3.52. The maximum Gasteiger partial charge on any atom is 0.256 e. The molecule has 0 spiro atoms. The molecule has 0 saturated carbocycles. The smallest absolute Gasteiger partial charge is 0.256 e. The fourth-order valence-electron chi connectivity index (χ4n) is 2.51. The Labute approximate surface area is 149 Å². The van der Waals surface area contributed by atoms with Crippen LogP contribution in [0.4, 0.5) is 10.1 Å². The van der Waals surface area contributed by atoms with Crippen molar-refractivity contribution in [1.29, 1.82) is 5.26 Å². The summed E-state index contributed by atoms with van der Waals surface area (Å²) in [6.45, 7) is 0. The molecule has 0 radical (unpaired) electrons. The van der Waals surface area contributed by atoms with Crippen molar-refractivity contribution in [3.8, 4) is 17.2 Å². The number of nitriles is 1. The van der Waals surface area contributed by atoms with Gasteiger partial charge in [-0.15, -0.1) is 0 Å². The van der Waals surface area contributed by atoms with E-state index in [-0.39, 0.29) is 10.7 Å². The van der Waals surface area contributed by atoms with Crippen LogP contribution in [0.3, 0.4) is 0 Å². The quantitative estimate of drug-likeness (QED) is 0.699. The van der Waals surface area contributed by atoms with Gasteiger partial charge < -0.3 is 5.32 Å². The Morgan fingerprint density at radius 2 is 1.68 bits per heavy atom. The highest BCUT2D eigenvalue weighted by Crippen LogP contribution is 2.28. The van der Waals surface area contributed by atoms with Gasteiger partial charge in [0, 0.05) is 16.1 Å². The minimum atomic E-state index is -0.615. The van der Waals surface area contributed by atoms with E-state index in [1.807, 2.05) is 0 Å². The van der Waals surface area contributed by atoms with E-state index in [4.69, 9.17) is 11.6 Å². The summed E-state index contributed by atoms with van der Waals surface area (Å²) in [4.78, 5) is 12.7. The Bertz CT molecular complexity index is 995. The maximum absolute atomic E-state index is 13.9. The molecule has 5 heteroatoms. The minimum Gasteiger partial charge on any atom is -0.319 e. The largest absolute Gasteiger partial charge is 0.319 e. The zero-order valence-electron chi connectivity index (χ0n) is 13.0. The van der Waals surface area contributed by atoms with Gasteiger partial charge in [0.05, 0.1) is 17.3 Å². The molecule has 0 atom stereocenters. The van der Waals surface area contributed by atoms with E-state index in [2.05, 4.69) is 11.4 Å². The van der Waals surface area contributed by atoms with Crippen LogP contribution in [0, 0.1) is 17.1 Å². The van der Waals surface area contributed by atoms with Crippen LogP contribution in [0.25, 0.3) is 11.1 Å². The van der Waals surface area contributed by atoms with Crippen LogP contribution in [-0.4, -0.2) is 5.91 Å². The van der Waals surface area contributed by atoms with Gasteiger partial charge in [0.25, 0.3) is 5.91 Å². The summed E-state index contributed by atoms with van der Waals surface area (Å²) >= 11 is 5.73. The highest BCUT2D eigenvalue weighted by atomic mass is 35.5. The van der Waals surface area contributed by atoms with E-state index in [0.717, 1.165) is 6.07 Å². The molecule has 3 aromatic carbocycles. The van der Waals surface area contributed by atoms with Gasteiger partial charge in [-0.2, -0.15) is 5.26 Å². The number of halogens is 2. The summed E-state index contributed by atoms with van der Waals surface area (Å²) in [6.07, 6.45) is 0. The lowest BCUT2D eigenvalue weighted by Crippen LogP contribution is -2.14. The Morgan fingerprint density at radius 3 is 2.40 bits per heavy atom. The predicted molar refractivity (Wildman–Crippen MR) is 96.0 cm³/mol. The number of nitrogens with zero attached hydrogens (tertiary/aromatic N) is 1. The third-order valence-corrected chi connectivity index (χ3v) is 3.92. The van der Waals surface area contributed by atoms with Crippen LogP contribution in [0.2, 0.25) is 5.02 Å². The highest BCUT2D eigenvalue weighted by molar-refractivity contribution is 6.30. The molecule has 3 rings (SSSR count). The lowest BCUT2D eigenvalue weighted by Gasteiger charge is -2.12. The number of amides is 1. The molecule has 25 heavy (non-hydrogen) atoms. The summed E-state index contributed by atoms with van der Waals surface area (Å²) in [7, 11) is 0. The third-order valence-electron chi connectivity index (χ3n) is 3.69. The number of anilines is 1. The van der Waals surface area contributed by atoms with Gasteiger partial charge in [-0.05, 0) is 35.9 Å². The Balaban J connectivity index is 2.01. The van der Waals surface area contributed by atoms with Crippen molar-refractivity contribution in [2.75, 3.05) is 5.32 Å². The number of hydrogen-bond donors (Lipinski definition) is 1. The first-order valence-electron chi connectivity index (χ1n) is 7.45. The molecule has 0 aliphatic carbocycles. The van der Waals surface area contributed by atoms with Crippen molar-refractivity contribution >= 4 is 23.2 Å². The molecular formula is C20H12ClFN2O. The maximum atomic E-state index is 13.9. The molecular weight excluding hydrogens is 339 g/mol. The molecule has 0 heterocycles. The van der Waals surface area contributed by atoms with Gasteiger partial charge in [-0.25, -0.2) is 4.39 Å². The van der Waals surface area contributed by atoms with Gasteiger partial charge in [-0.3, -0.25) is 4.79 Å². The standard InChI is InChI=1S/C20H12ClFN2O/c21-14-9-10-19(18(22)11-14)24-20(25)17-8-4-3-7-16(17)15-6-2-1-5-13(15)12-23/h1-11H,(H,24,25). The van der Waals surface area contributed by atoms with E-state index in [0.29, 0.717) is 22.3 Å².